The Morgan fingerprint density at radius 3 is 2.55 bits per heavy atom. The van der Waals surface area contributed by atoms with Crippen molar-refractivity contribution in [2.75, 3.05) is 13.2 Å². The second-order valence-electron chi connectivity index (χ2n) is 5.36. The zero-order valence-electron chi connectivity index (χ0n) is 12.8. The average Bonchev–Trinajstić information content (AvgIpc) is 2.48. The third-order valence-corrected chi connectivity index (χ3v) is 3.63. The number of carbonyl (C=O) groups is 1. The van der Waals surface area contributed by atoms with Crippen molar-refractivity contribution in [2.45, 2.75) is 20.4 Å². The predicted molar refractivity (Wildman–Crippen MR) is 84.1 cm³/mol. The summed E-state index contributed by atoms with van der Waals surface area (Å²) in [6, 6.07) is 12.3. The van der Waals surface area contributed by atoms with Gasteiger partial charge in [0.1, 0.15) is 5.82 Å². The molecule has 22 heavy (non-hydrogen) atoms. The van der Waals surface area contributed by atoms with E-state index in [0.29, 0.717) is 6.54 Å². The lowest BCUT2D eigenvalue weighted by Gasteiger charge is -2.23. The minimum absolute atomic E-state index is 0.0348. The third-order valence-electron chi connectivity index (χ3n) is 3.63. The van der Waals surface area contributed by atoms with E-state index in [-0.39, 0.29) is 18.7 Å². The van der Waals surface area contributed by atoms with Gasteiger partial charge in [-0.2, -0.15) is 0 Å². The van der Waals surface area contributed by atoms with Gasteiger partial charge in [0.15, 0.2) is 0 Å². The second kappa shape index (κ2) is 7.18. The summed E-state index contributed by atoms with van der Waals surface area (Å²) in [5.41, 5.74) is 2.84. The SMILES string of the molecule is Cc1ccc(C(=O)N(CCO)Cc2ccccc2C)c(F)c1. The molecular weight excluding hydrogens is 281 g/mol. The van der Waals surface area contributed by atoms with Crippen LogP contribution in [0.5, 0.6) is 0 Å². The van der Waals surface area contributed by atoms with Crippen LogP contribution >= 0.6 is 0 Å². The van der Waals surface area contributed by atoms with E-state index < -0.39 is 11.7 Å². The third kappa shape index (κ3) is 3.71. The number of hydrogen-bond acceptors (Lipinski definition) is 2. The maximum Gasteiger partial charge on any atom is 0.257 e. The Morgan fingerprint density at radius 1 is 1.18 bits per heavy atom. The summed E-state index contributed by atoms with van der Waals surface area (Å²) in [5.74, 6) is -0.937. The van der Waals surface area contributed by atoms with Crippen LogP contribution in [0, 0.1) is 19.7 Å². The van der Waals surface area contributed by atoms with Gasteiger partial charge < -0.3 is 10.0 Å². The molecule has 116 valence electrons. The molecule has 0 atom stereocenters. The molecule has 2 rings (SSSR count). The van der Waals surface area contributed by atoms with E-state index in [9.17, 15) is 14.3 Å². The van der Waals surface area contributed by atoms with Gasteiger partial charge >= 0.3 is 0 Å². The van der Waals surface area contributed by atoms with Gasteiger partial charge in [0.2, 0.25) is 0 Å². The highest BCUT2D eigenvalue weighted by Gasteiger charge is 2.19. The van der Waals surface area contributed by atoms with Crippen LogP contribution in [0.15, 0.2) is 42.5 Å². The molecule has 1 N–H and O–H groups in total. The van der Waals surface area contributed by atoms with E-state index in [1.807, 2.05) is 31.2 Å². The summed E-state index contributed by atoms with van der Waals surface area (Å²) in [7, 11) is 0. The van der Waals surface area contributed by atoms with Gasteiger partial charge in [0, 0.05) is 13.1 Å². The fourth-order valence-electron chi connectivity index (χ4n) is 2.33. The van der Waals surface area contributed by atoms with Crippen LogP contribution in [0.2, 0.25) is 0 Å². The minimum Gasteiger partial charge on any atom is -0.395 e. The van der Waals surface area contributed by atoms with Gasteiger partial charge in [0.05, 0.1) is 12.2 Å². The maximum atomic E-state index is 14.0. The largest absolute Gasteiger partial charge is 0.395 e. The molecular formula is C18H20FNO2. The van der Waals surface area contributed by atoms with Gasteiger partial charge in [-0.15, -0.1) is 0 Å². The topological polar surface area (TPSA) is 40.5 Å². The summed E-state index contributed by atoms with van der Waals surface area (Å²) >= 11 is 0. The first-order chi connectivity index (χ1) is 10.5. The van der Waals surface area contributed by atoms with Crippen molar-refractivity contribution in [2.24, 2.45) is 0 Å². The molecule has 0 aromatic heterocycles. The highest BCUT2D eigenvalue weighted by molar-refractivity contribution is 5.94. The lowest BCUT2D eigenvalue weighted by molar-refractivity contribution is 0.0703. The molecule has 0 saturated carbocycles. The highest BCUT2D eigenvalue weighted by atomic mass is 19.1. The number of aryl methyl sites for hydroxylation is 2. The quantitative estimate of drug-likeness (QED) is 0.922. The zero-order valence-corrected chi connectivity index (χ0v) is 12.8. The van der Waals surface area contributed by atoms with Crippen molar-refractivity contribution in [1.82, 2.24) is 4.90 Å². The normalized spacial score (nSPS) is 10.5. The fourth-order valence-corrected chi connectivity index (χ4v) is 2.33. The van der Waals surface area contributed by atoms with Crippen LogP contribution in [-0.2, 0) is 6.54 Å². The van der Waals surface area contributed by atoms with E-state index in [1.165, 1.54) is 17.0 Å². The number of benzene rings is 2. The van der Waals surface area contributed by atoms with Crippen LogP contribution in [0.25, 0.3) is 0 Å². The molecule has 0 bridgehead atoms. The van der Waals surface area contributed by atoms with Crippen LogP contribution in [0.4, 0.5) is 4.39 Å². The second-order valence-corrected chi connectivity index (χ2v) is 5.36. The standard InChI is InChI=1S/C18H20FNO2/c1-13-7-8-16(17(19)11-13)18(22)20(9-10-21)12-15-6-4-3-5-14(15)2/h3-8,11,21H,9-10,12H2,1-2H3. The molecule has 0 spiro atoms. The molecule has 0 aliphatic carbocycles. The molecule has 1 amide bonds. The molecule has 4 heteroatoms. The van der Waals surface area contributed by atoms with Crippen molar-refractivity contribution in [3.05, 3.63) is 70.5 Å². The fraction of sp³-hybridized carbons (Fsp3) is 0.278. The van der Waals surface area contributed by atoms with Gasteiger partial charge in [-0.1, -0.05) is 30.3 Å². The van der Waals surface area contributed by atoms with Crippen LogP contribution in [0.3, 0.4) is 0 Å². The monoisotopic (exact) mass is 301 g/mol. The molecule has 3 nitrogen and oxygen atoms in total. The van der Waals surface area contributed by atoms with E-state index in [4.69, 9.17) is 0 Å². The predicted octanol–water partition coefficient (Wildman–Crippen LogP) is 3.08. The zero-order chi connectivity index (χ0) is 16.1. The Balaban J connectivity index is 2.27. The first-order valence-corrected chi connectivity index (χ1v) is 7.23. The van der Waals surface area contributed by atoms with E-state index in [2.05, 4.69) is 0 Å². The van der Waals surface area contributed by atoms with Crippen LogP contribution in [-0.4, -0.2) is 29.1 Å². The Bertz CT molecular complexity index is 670. The summed E-state index contributed by atoms with van der Waals surface area (Å²) < 4.78 is 14.0. The van der Waals surface area contributed by atoms with Gasteiger partial charge in [-0.3, -0.25) is 4.79 Å². The molecule has 2 aromatic rings. The molecule has 0 heterocycles. The van der Waals surface area contributed by atoms with E-state index in [1.54, 1.807) is 13.0 Å². The number of nitrogens with zero attached hydrogens (tertiary/aromatic N) is 1. The molecule has 0 saturated heterocycles. The van der Waals surface area contributed by atoms with Crippen molar-refractivity contribution < 1.29 is 14.3 Å². The molecule has 0 aliphatic rings. The number of hydrogen-bond donors (Lipinski definition) is 1. The Kier molecular flexibility index (Phi) is 5.28. The average molecular weight is 301 g/mol. The van der Waals surface area contributed by atoms with E-state index >= 15 is 0 Å². The Hall–Kier alpha value is -2.20. The van der Waals surface area contributed by atoms with Crippen molar-refractivity contribution >= 4 is 5.91 Å². The molecule has 2 aromatic carbocycles. The first-order valence-electron chi connectivity index (χ1n) is 7.23. The number of rotatable bonds is 5. The number of halogens is 1. The van der Waals surface area contributed by atoms with Gasteiger partial charge in [-0.05, 0) is 42.7 Å². The Labute approximate surface area is 130 Å². The highest BCUT2D eigenvalue weighted by Crippen LogP contribution is 2.16. The number of aliphatic hydroxyl groups excluding tert-OH is 1. The lowest BCUT2D eigenvalue weighted by Crippen LogP contribution is -2.33. The number of carbonyl (C=O) groups excluding carboxylic acids is 1. The van der Waals surface area contributed by atoms with E-state index in [0.717, 1.165) is 16.7 Å². The molecule has 0 fully saturated rings. The number of aliphatic hydroxyl groups is 1. The molecule has 0 aliphatic heterocycles. The summed E-state index contributed by atoms with van der Waals surface area (Å²) in [5, 5.41) is 9.21. The van der Waals surface area contributed by atoms with Crippen LogP contribution in [0.1, 0.15) is 27.0 Å². The van der Waals surface area contributed by atoms with Crippen molar-refractivity contribution in [3.8, 4) is 0 Å². The van der Waals surface area contributed by atoms with Crippen molar-refractivity contribution in [3.63, 3.8) is 0 Å². The minimum atomic E-state index is -0.530. The number of amides is 1. The van der Waals surface area contributed by atoms with Gasteiger partial charge in [-0.25, -0.2) is 4.39 Å². The summed E-state index contributed by atoms with van der Waals surface area (Å²) in [4.78, 5) is 14.0. The summed E-state index contributed by atoms with van der Waals surface area (Å²) in [6.45, 7) is 4.09. The van der Waals surface area contributed by atoms with Crippen molar-refractivity contribution in [1.29, 1.82) is 0 Å². The summed E-state index contributed by atoms with van der Waals surface area (Å²) in [6.07, 6.45) is 0. The molecule has 0 unspecified atom stereocenters. The maximum absolute atomic E-state index is 14.0. The molecule has 0 radical (unpaired) electrons. The smallest absolute Gasteiger partial charge is 0.257 e. The lowest BCUT2D eigenvalue weighted by atomic mass is 10.1. The van der Waals surface area contributed by atoms with Crippen LogP contribution < -0.4 is 0 Å². The Morgan fingerprint density at radius 2 is 1.91 bits per heavy atom. The van der Waals surface area contributed by atoms with Gasteiger partial charge in [0.25, 0.3) is 5.91 Å². The first kappa shape index (κ1) is 16.2.